The highest BCUT2D eigenvalue weighted by atomic mass is 35.5. The zero-order valence-corrected chi connectivity index (χ0v) is 11.5. The number of fused-ring (bicyclic) bond motifs is 1. The van der Waals surface area contributed by atoms with E-state index in [0.717, 1.165) is 24.0 Å². The fraction of sp³-hybridized carbons (Fsp3) is 0.250. The second-order valence-corrected chi connectivity index (χ2v) is 5.32. The summed E-state index contributed by atoms with van der Waals surface area (Å²) in [5.41, 5.74) is 2.49. The van der Waals surface area contributed by atoms with Crippen molar-refractivity contribution in [1.82, 2.24) is 0 Å². The Balaban J connectivity index is 1.74. The van der Waals surface area contributed by atoms with Crippen LogP contribution in [0.3, 0.4) is 0 Å². The van der Waals surface area contributed by atoms with Crippen molar-refractivity contribution in [2.75, 3.05) is 0 Å². The van der Waals surface area contributed by atoms with Crippen molar-refractivity contribution in [1.29, 1.82) is 0 Å². The average molecular weight is 293 g/mol. The summed E-state index contributed by atoms with van der Waals surface area (Å²) in [6.45, 7) is 0.133. The first-order chi connectivity index (χ1) is 9.65. The van der Waals surface area contributed by atoms with Gasteiger partial charge in [0.15, 0.2) is 0 Å². The van der Waals surface area contributed by atoms with E-state index in [4.69, 9.17) is 16.3 Å². The van der Waals surface area contributed by atoms with Gasteiger partial charge in [-0.15, -0.1) is 0 Å². The van der Waals surface area contributed by atoms with Crippen LogP contribution in [0.15, 0.2) is 36.4 Å². The first kappa shape index (κ1) is 13.4. The SMILES string of the molecule is OC1CCc2cc(OCc3cccc(Cl)c3F)ccc21. The molecule has 0 aromatic heterocycles. The van der Waals surface area contributed by atoms with E-state index in [2.05, 4.69) is 0 Å². The number of aliphatic hydroxyl groups excluding tert-OH is 1. The molecule has 2 aromatic carbocycles. The van der Waals surface area contributed by atoms with Crippen molar-refractivity contribution in [3.05, 3.63) is 63.9 Å². The van der Waals surface area contributed by atoms with Crippen LogP contribution < -0.4 is 4.74 Å². The smallest absolute Gasteiger partial charge is 0.148 e. The van der Waals surface area contributed by atoms with Crippen LogP contribution in [0.25, 0.3) is 0 Å². The van der Waals surface area contributed by atoms with Gasteiger partial charge >= 0.3 is 0 Å². The van der Waals surface area contributed by atoms with Crippen molar-refractivity contribution < 1.29 is 14.2 Å². The van der Waals surface area contributed by atoms with Crippen LogP contribution >= 0.6 is 11.6 Å². The molecule has 4 heteroatoms. The van der Waals surface area contributed by atoms with E-state index in [1.165, 1.54) is 6.07 Å². The Morgan fingerprint density at radius 3 is 3.00 bits per heavy atom. The van der Waals surface area contributed by atoms with Crippen LogP contribution in [-0.2, 0) is 13.0 Å². The summed E-state index contributed by atoms with van der Waals surface area (Å²) in [6.07, 6.45) is 1.23. The van der Waals surface area contributed by atoms with Crippen LogP contribution in [0.4, 0.5) is 4.39 Å². The predicted molar refractivity (Wildman–Crippen MR) is 75.5 cm³/mol. The number of hydrogen-bond donors (Lipinski definition) is 1. The minimum absolute atomic E-state index is 0.100. The maximum atomic E-state index is 13.7. The molecule has 1 N–H and O–H groups in total. The zero-order valence-electron chi connectivity index (χ0n) is 10.8. The van der Waals surface area contributed by atoms with Gasteiger partial charge in [0.05, 0.1) is 11.1 Å². The van der Waals surface area contributed by atoms with E-state index < -0.39 is 5.82 Å². The van der Waals surface area contributed by atoms with E-state index in [0.29, 0.717) is 11.3 Å². The zero-order chi connectivity index (χ0) is 14.1. The highest BCUT2D eigenvalue weighted by Gasteiger charge is 2.20. The monoisotopic (exact) mass is 292 g/mol. The summed E-state index contributed by atoms with van der Waals surface area (Å²) in [5, 5.41) is 9.84. The number of aryl methyl sites for hydroxylation is 1. The summed E-state index contributed by atoms with van der Waals surface area (Å²) >= 11 is 5.73. The van der Waals surface area contributed by atoms with Crippen molar-refractivity contribution >= 4 is 11.6 Å². The summed E-state index contributed by atoms with van der Waals surface area (Å²) in [5.74, 6) is 0.239. The van der Waals surface area contributed by atoms with E-state index in [1.807, 2.05) is 12.1 Å². The largest absolute Gasteiger partial charge is 0.489 e. The molecule has 104 valence electrons. The van der Waals surface area contributed by atoms with Gasteiger partial charge in [-0.05, 0) is 42.2 Å². The fourth-order valence-electron chi connectivity index (χ4n) is 2.48. The van der Waals surface area contributed by atoms with Crippen molar-refractivity contribution in [3.8, 4) is 5.75 Å². The molecule has 0 bridgehead atoms. The van der Waals surface area contributed by atoms with Gasteiger partial charge in [0.1, 0.15) is 18.2 Å². The lowest BCUT2D eigenvalue weighted by atomic mass is 10.1. The summed E-state index contributed by atoms with van der Waals surface area (Å²) in [7, 11) is 0. The van der Waals surface area contributed by atoms with Crippen LogP contribution in [0, 0.1) is 5.82 Å². The van der Waals surface area contributed by atoms with Crippen LogP contribution in [0.2, 0.25) is 5.02 Å². The minimum Gasteiger partial charge on any atom is -0.489 e. The molecule has 1 aliphatic carbocycles. The molecule has 0 radical (unpaired) electrons. The van der Waals surface area contributed by atoms with E-state index in [9.17, 15) is 9.50 Å². The Morgan fingerprint density at radius 2 is 2.15 bits per heavy atom. The molecule has 1 atom stereocenters. The third kappa shape index (κ3) is 2.51. The fourth-order valence-corrected chi connectivity index (χ4v) is 2.68. The molecule has 1 aliphatic rings. The van der Waals surface area contributed by atoms with E-state index in [1.54, 1.807) is 18.2 Å². The number of halogens is 2. The lowest BCUT2D eigenvalue weighted by molar-refractivity contribution is 0.180. The van der Waals surface area contributed by atoms with Gasteiger partial charge in [0.25, 0.3) is 0 Å². The molecule has 1 unspecified atom stereocenters. The molecular formula is C16H14ClFO2. The van der Waals surface area contributed by atoms with Gasteiger partial charge in [-0.1, -0.05) is 29.8 Å². The molecule has 2 nitrogen and oxygen atoms in total. The quantitative estimate of drug-likeness (QED) is 0.925. The number of hydrogen-bond acceptors (Lipinski definition) is 2. The van der Waals surface area contributed by atoms with Crippen molar-refractivity contribution in [3.63, 3.8) is 0 Å². The summed E-state index contributed by atoms with van der Waals surface area (Å²) < 4.78 is 19.3. The lowest BCUT2D eigenvalue weighted by Crippen LogP contribution is -1.99. The standard InChI is InChI=1S/C16H14ClFO2/c17-14-3-1-2-11(16(14)18)9-20-12-5-6-13-10(8-12)4-7-15(13)19/h1-3,5-6,8,15,19H,4,7,9H2. The molecular weight excluding hydrogens is 279 g/mol. The first-order valence-electron chi connectivity index (χ1n) is 6.52. The molecule has 3 rings (SSSR count). The highest BCUT2D eigenvalue weighted by Crippen LogP contribution is 2.33. The number of rotatable bonds is 3. The van der Waals surface area contributed by atoms with Gasteiger partial charge in [0, 0.05) is 5.56 Å². The summed E-state index contributed by atoms with van der Waals surface area (Å²) in [4.78, 5) is 0. The molecule has 0 fully saturated rings. The predicted octanol–water partition coefficient (Wildman–Crippen LogP) is 4.04. The van der Waals surface area contributed by atoms with Crippen LogP contribution in [0.5, 0.6) is 5.75 Å². The topological polar surface area (TPSA) is 29.5 Å². The Hall–Kier alpha value is -1.58. The molecule has 20 heavy (non-hydrogen) atoms. The average Bonchev–Trinajstić information content (AvgIpc) is 2.82. The molecule has 0 amide bonds. The van der Waals surface area contributed by atoms with Crippen LogP contribution in [-0.4, -0.2) is 5.11 Å². The normalized spacial score (nSPS) is 17.1. The molecule has 0 heterocycles. The molecule has 0 spiro atoms. The van der Waals surface area contributed by atoms with Crippen LogP contribution in [0.1, 0.15) is 29.2 Å². The third-order valence-electron chi connectivity index (χ3n) is 3.59. The summed E-state index contributed by atoms with van der Waals surface area (Å²) in [6, 6.07) is 10.4. The number of ether oxygens (including phenoxy) is 1. The second kappa shape index (κ2) is 5.43. The maximum absolute atomic E-state index is 13.7. The minimum atomic E-state index is -0.439. The Bertz CT molecular complexity index is 642. The molecule has 0 saturated carbocycles. The number of benzene rings is 2. The van der Waals surface area contributed by atoms with Crippen molar-refractivity contribution in [2.45, 2.75) is 25.6 Å². The Labute approximate surface area is 121 Å². The Kier molecular flexibility index (Phi) is 3.64. The van der Waals surface area contributed by atoms with Gasteiger partial charge < -0.3 is 9.84 Å². The Morgan fingerprint density at radius 1 is 1.30 bits per heavy atom. The number of aliphatic hydroxyl groups is 1. The molecule has 0 saturated heterocycles. The molecule has 0 aliphatic heterocycles. The van der Waals surface area contributed by atoms with E-state index in [-0.39, 0.29) is 17.7 Å². The van der Waals surface area contributed by atoms with E-state index >= 15 is 0 Å². The van der Waals surface area contributed by atoms with Gasteiger partial charge in [-0.3, -0.25) is 0 Å². The first-order valence-corrected chi connectivity index (χ1v) is 6.89. The third-order valence-corrected chi connectivity index (χ3v) is 3.88. The van der Waals surface area contributed by atoms with Gasteiger partial charge in [-0.2, -0.15) is 0 Å². The van der Waals surface area contributed by atoms with Gasteiger partial charge in [-0.25, -0.2) is 4.39 Å². The highest BCUT2D eigenvalue weighted by molar-refractivity contribution is 6.30. The second-order valence-electron chi connectivity index (χ2n) is 4.92. The van der Waals surface area contributed by atoms with Gasteiger partial charge in [0.2, 0.25) is 0 Å². The lowest BCUT2D eigenvalue weighted by Gasteiger charge is -2.10. The van der Waals surface area contributed by atoms with Crippen molar-refractivity contribution in [2.24, 2.45) is 0 Å². The molecule has 2 aromatic rings. The maximum Gasteiger partial charge on any atom is 0.148 e.